The molecule has 6 heteroatoms. The fourth-order valence-corrected chi connectivity index (χ4v) is 4.11. The van der Waals surface area contributed by atoms with Crippen molar-refractivity contribution in [1.82, 2.24) is 4.90 Å². The molecular weight excluding hydrogens is 402 g/mol. The number of hydrogen-bond acceptors (Lipinski definition) is 2. The molecule has 1 amide bonds. The molecule has 4 nitrogen and oxygen atoms in total. The maximum absolute atomic E-state index is 12.8. The summed E-state index contributed by atoms with van der Waals surface area (Å²) < 4.78 is 1.52. The predicted molar refractivity (Wildman–Crippen MR) is 87.3 cm³/mol. The molecule has 1 aromatic rings. The van der Waals surface area contributed by atoms with E-state index in [9.17, 15) is 14.7 Å². The zero-order chi connectivity index (χ0) is 15.8. The van der Waals surface area contributed by atoms with Crippen LogP contribution in [0.2, 0.25) is 0 Å². The second kappa shape index (κ2) is 6.08. The molecule has 0 bridgehead atoms. The standard InChI is InChI=1S/C15H17Br2NO3/c1-15(2)6-3-7-18(12(15)14(20)21)13(19)10-5-4-9(16)8-11(10)17/h4-5,8,12H,3,6-7H2,1-2H3,(H,20,21). The Morgan fingerprint density at radius 3 is 2.57 bits per heavy atom. The van der Waals surface area contributed by atoms with Gasteiger partial charge in [0.1, 0.15) is 6.04 Å². The molecule has 0 radical (unpaired) electrons. The molecule has 1 aliphatic heterocycles. The van der Waals surface area contributed by atoms with Crippen molar-refractivity contribution in [2.45, 2.75) is 32.7 Å². The van der Waals surface area contributed by atoms with E-state index in [-0.39, 0.29) is 5.91 Å². The number of rotatable bonds is 2. The van der Waals surface area contributed by atoms with Gasteiger partial charge in [0, 0.05) is 15.5 Å². The fourth-order valence-electron chi connectivity index (χ4n) is 2.90. The Labute approximate surface area is 140 Å². The van der Waals surface area contributed by atoms with E-state index in [0.717, 1.165) is 17.3 Å². The number of piperidine rings is 1. The number of carbonyl (C=O) groups excluding carboxylic acids is 1. The SMILES string of the molecule is CC1(C)CCCN(C(=O)c2ccc(Br)cc2Br)C1C(=O)O. The van der Waals surface area contributed by atoms with E-state index in [1.165, 1.54) is 4.90 Å². The van der Waals surface area contributed by atoms with E-state index in [1.807, 2.05) is 13.8 Å². The van der Waals surface area contributed by atoms with Gasteiger partial charge in [-0.2, -0.15) is 0 Å². The van der Waals surface area contributed by atoms with Crippen LogP contribution in [-0.4, -0.2) is 34.5 Å². The van der Waals surface area contributed by atoms with Gasteiger partial charge in [-0.1, -0.05) is 29.8 Å². The highest BCUT2D eigenvalue weighted by molar-refractivity contribution is 9.11. The van der Waals surface area contributed by atoms with Crippen molar-refractivity contribution in [3.63, 3.8) is 0 Å². The Bertz CT molecular complexity index is 586. The number of benzene rings is 1. The molecule has 0 saturated carbocycles. The lowest BCUT2D eigenvalue weighted by Gasteiger charge is -2.44. The zero-order valence-electron chi connectivity index (χ0n) is 11.9. The highest BCUT2D eigenvalue weighted by Crippen LogP contribution is 2.36. The summed E-state index contributed by atoms with van der Waals surface area (Å²) in [5.74, 6) is -1.18. The average Bonchev–Trinajstić information content (AvgIpc) is 2.36. The van der Waals surface area contributed by atoms with Crippen molar-refractivity contribution in [2.75, 3.05) is 6.54 Å². The lowest BCUT2D eigenvalue weighted by Crippen LogP contribution is -2.56. The summed E-state index contributed by atoms with van der Waals surface area (Å²) in [5, 5.41) is 9.54. The fraction of sp³-hybridized carbons (Fsp3) is 0.467. The van der Waals surface area contributed by atoms with Gasteiger partial charge in [0.05, 0.1) is 5.56 Å². The van der Waals surface area contributed by atoms with E-state index in [2.05, 4.69) is 31.9 Å². The van der Waals surface area contributed by atoms with Crippen LogP contribution in [0, 0.1) is 5.41 Å². The molecule has 1 fully saturated rings. The van der Waals surface area contributed by atoms with E-state index in [0.29, 0.717) is 16.6 Å². The molecule has 1 aromatic carbocycles. The number of halogens is 2. The molecule has 1 unspecified atom stereocenters. The number of aliphatic carboxylic acids is 1. The van der Waals surface area contributed by atoms with Crippen LogP contribution in [0.3, 0.4) is 0 Å². The predicted octanol–water partition coefficient (Wildman–Crippen LogP) is 3.93. The van der Waals surface area contributed by atoms with Crippen molar-refractivity contribution < 1.29 is 14.7 Å². The molecule has 114 valence electrons. The molecule has 1 heterocycles. The van der Waals surface area contributed by atoms with Crippen molar-refractivity contribution >= 4 is 43.7 Å². The number of hydrogen-bond donors (Lipinski definition) is 1. The summed E-state index contributed by atoms with van der Waals surface area (Å²) in [6.07, 6.45) is 1.62. The topological polar surface area (TPSA) is 57.6 Å². The maximum atomic E-state index is 12.8. The zero-order valence-corrected chi connectivity index (χ0v) is 15.1. The van der Waals surface area contributed by atoms with Crippen LogP contribution in [-0.2, 0) is 4.79 Å². The van der Waals surface area contributed by atoms with Gasteiger partial charge in [-0.3, -0.25) is 4.79 Å². The first kappa shape index (κ1) is 16.5. The Morgan fingerprint density at radius 1 is 1.33 bits per heavy atom. The summed E-state index contributed by atoms with van der Waals surface area (Å²) in [4.78, 5) is 25.9. The van der Waals surface area contributed by atoms with Gasteiger partial charge in [-0.25, -0.2) is 4.79 Å². The van der Waals surface area contributed by atoms with Crippen LogP contribution in [0.25, 0.3) is 0 Å². The van der Waals surface area contributed by atoms with E-state index >= 15 is 0 Å². The number of likely N-dealkylation sites (tertiary alicyclic amines) is 1. The third-order valence-corrected chi connectivity index (χ3v) is 5.08. The van der Waals surface area contributed by atoms with E-state index < -0.39 is 17.4 Å². The van der Waals surface area contributed by atoms with Crippen LogP contribution in [0.5, 0.6) is 0 Å². The van der Waals surface area contributed by atoms with Crippen molar-refractivity contribution in [3.8, 4) is 0 Å². The molecule has 0 aliphatic carbocycles. The van der Waals surface area contributed by atoms with Crippen LogP contribution < -0.4 is 0 Å². The highest BCUT2D eigenvalue weighted by Gasteiger charge is 2.44. The molecular formula is C15H17Br2NO3. The number of amides is 1. The Kier molecular flexibility index (Phi) is 4.78. The minimum atomic E-state index is -0.943. The van der Waals surface area contributed by atoms with Crippen molar-refractivity contribution in [2.24, 2.45) is 5.41 Å². The van der Waals surface area contributed by atoms with Crippen LogP contribution in [0.15, 0.2) is 27.1 Å². The van der Waals surface area contributed by atoms with E-state index in [4.69, 9.17) is 0 Å². The van der Waals surface area contributed by atoms with Gasteiger partial charge in [0.15, 0.2) is 0 Å². The summed E-state index contributed by atoms with van der Waals surface area (Å²) in [6, 6.07) is 4.48. The highest BCUT2D eigenvalue weighted by atomic mass is 79.9. The molecule has 0 spiro atoms. The molecule has 1 atom stereocenters. The maximum Gasteiger partial charge on any atom is 0.326 e. The van der Waals surface area contributed by atoms with Gasteiger partial charge in [-0.15, -0.1) is 0 Å². The van der Waals surface area contributed by atoms with Gasteiger partial charge in [-0.05, 0) is 52.4 Å². The van der Waals surface area contributed by atoms with Crippen LogP contribution in [0.1, 0.15) is 37.0 Å². The normalized spacial score (nSPS) is 21.1. The van der Waals surface area contributed by atoms with Crippen LogP contribution >= 0.6 is 31.9 Å². The lowest BCUT2D eigenvalue weighted by molar-refractivity contribution is -0.148. The molecule has 21 heavy (non-hydrogen) atoms. The lowest BCUT2D eigenvalue weighted by atomic mass is 9.76. The quantitative estimate of drug-likeness (QED) is 0.791. The minimum Gasteiger partial charge on any atom is -0.480 e. The van der Waals surface area contributed by atoms with E-state index in [1.54, 1.807) is 18.2 Å². The largest absolute Gasteiger partial charge is 0.480 e. The number of carboxylic acid groups (broad SMARTS) is 1. The first-order valence-corrected chi connectivity index (χ1v) is 8.31. The molecule has 0 aromatic heterocycles. The van der Waals surface area contributed by atoms with Gasteiger partial charge in [0.25, 0.3) is 5.91 Å². The van der Waals surface area contributed by atoms with Crippen molar-refractivity contribution in [3.05, 3.63) is 32.7 Å². The monoisotopic (exact) mass is 417 g/mol. The Balaban J connectivity index is 2.38. The first-order valence-electron chi connectivity index (χ1n) is 6.73. The van der Waals surface area contributed by atoms with Crippen LogP contribution in [0.4, 0.5) is 0 Å². The minimum absolute atomic E-state index is 0.241. The average molecular weight is 419 g/mol. The molecule has 2 rings (SSSR count). The third-order valence-electron chi connectivity index (χ3n) is 3.93. The second-order valence-electron chi connectivity index (χ2n) is 5.96. The summed E-state index contributed by atoms with van der Waals surface area (Å²) in [7, 11) is 0. The third kappa shape index (κ3) is 3.31. The number of nitrogens with zero attached hydrogens (tertiary/aromatic N) is 1. The Hall–Kier alpha value is -0.880. The summed E-state index contributed by atoms with van der Waals surface area (Å²) in [6.45, 7) is 4.28. The first-order chi connectivity index (χ1) is 9.74. The Morgan fingerprint density at radius 2 is 2.00 bits per heavy atom. The smallest absolute Gasteiger partial charge is 0.326 e. The number of carbonyl (C=O) groups is 2. The molecule has 1 saturated heterocycles. The van der Waals surface area contributed by atoms with Crippen molar-refractivity contribution in [1.29, 1.82) is 0 Å². The summed E-state index contributed by atoms with van der Waals surface area (Å²) in [5.41, 5.74) is 0.0591. The molecule has 1 N–H and O–H groups in total. The number of carboxylic acids is 1. The van der Waals surface area contributed by atoms with Gasteiger partial charge in [0.2, 0.25) is 0 Å². The molecule has 1 aliphatic rings. The van der Waals surface area contributed by atoms with Gasteiger partial charge >= 0.3 is 5.97 Å². The second-order valence-corrected chi connectivity index (χ2v) is 7.73. The summed E-state index contributed by atoms with van der Waals surface area (Å²) >= 11 is 6.72. The van der Waals surface area contributed by atoms with Gasteiger partial charge < -0.3 is 10.0 Å².